The number of aliphatic hydroxyl groups is 4. The summed E-state index contributed by atoms with van der Waals surface area (Å²) in [6.45, 7) is 2.57. The fourth-order valence-electron chi connectivity index (χ4n) is 5.71. The van der Waals surface area contributed by atoms with E-state index >= 15 is 0 Å². The summed E-state index contributed by atoms with van der Waals surface area (Å²) in [6.07, 6.45) is -7.59. The van der Waals surface area contributed by atoms with Gasteiger partial charge in [0.05, 0.1) is 25.8 Å². The summed E-state index contributed by atoms with van der Waals surface area (Å²) >= 11 is 0. The molecule has 0 saturated carbocycles. The molecule has 2 aromatic rings. The quantitative estimate of drug-likeness (QED) is 0.0698. The molecule has 3 rings (SSSR count). The molecule has 1 heterocycles. The van der Waals surface area contributed by atoms with Crippen molar-refractivity contribution < 1.29 is 74.0 Å². The van der Waals surface area contributed by atoms with Crippen molar-refractivity contribution in [3.63, 3.8) is 0 Å². The van der Waals surface area contributed by atoms with Crippen LogP contribution in [0.2, 0.25) is 0 Å². The van der Waals surface area contributed by atoms with Crippen LogP contribution in [0.1, 0.15) is 26.3 Å². The van der Waals surface area contributed by atoms with E-state index in [-0.39, 0.29) is 29.0 Å². The average molecular weight is 821 g/mol. The number of carbonyl (C=O) groups excluding carboxylic acids is 5. The van der Waals surface area contributed by atoms with Crippen LogP contribution in [0.5, 0.6) is 17.2 Å². The topological polar surface area (TPSA) is 317 Å². The molecule has 1 saturated heterocycles. The Hall–Kier alpha value is -5.58. The zero-order valence-corrected chi connectivity index (χ0v) is 32.8. The van der Waals surface area contributed by atoms with E-state index in [4.69, 9.17) is 9.47 Å². The van der Waals surface area contributed by atoms with Crippen LogP contribution in [0.4, 0.5) is 0 Å². The molecular formula is C37H52N6O15. The molecule has 58 heavy (non-hydrogen) atoms. The minimum absolute atomic E-state index is 0.0501. The first kappa shape index (κ1) is 46.8. The number of carbonyl (C=O) groups is 6. The van der Waals surface area contributed by atoms with Crippen LogP contribution in [0.3, 0.4) is 0 Å². The van der Waals surface area contributed by atoms with Crippen molar-refractivity contribution in [2.75, 3.05) is 40.8 Å². The van der Waals surface area contributed by atoms with Crippen LogP contribution in [0.15, 0.2) is 36.4 Å². The molecule has 4 unspecified atom stereocenters. The molecule has 0 spiro atoms. The zero-order valence-electron chi connectivity index (χ0n) is 32.8. The number of ether oxygens (including phenoxy) is 2. The number of nitrogens with one attached hydrogen (secondary N) is 4. The molecule has 0 aromatic heterocycles. The lowest BCUT2D eigenvalue weighted by Crippen LogP contribution is -2.58. The average Bonchev–Trinajstić information content (AvgIpc) is 3.15. The summed E-state index contributed by atoms with van der Waals surface area (Å²) in [7, 11) is 4.42. The first-order valence-electron chi connectivity index (χ1n) is 18.1. The summed E-state index contributed by atoms with van der Waals surface area (Å²) in [6, 6.07) is 3.41. The number of hydrogen-bond donors (Lipinski definition) is 11. The fraction of sp³-hybridized carbons (Fsp3) is 0.514. The maximum Gasteiger partial charge on any atom is 0.326 e. The first-order chi connectivity index (χ1) is 27.2. The second-order valence-corrected chi connectivity index (χ2v) is 14.1. The first-order valence-corrected chi connectivity index (χ1v) is 18.1. The van der Waals surface area contributed by atoms with Crippen LogP contribution in [-0.2, 0) is 39.9 Å². The number of rotatable bonds is 18. The molecule has 0 bridgehead atoms. The van der Waals surface area contributed by atoms with Gasteiger partial charge in [-0.2, -0.15) is 0 Å². The predicted molar refractivity (Wildman–Crippen MR) is 202 cm³/mol. The van der Waals surface area contributed by atoms with E-state index < -0.39 is 116 Å². The summed E-state index contributed by atoms with van der Waals surface area (Å²) in [5, 5.41) is 81.0. The van der Waals surface area contributed by atoms with E-state index in [9.17, 15) is 64.5 Å². The number of aliphatic carboxylic acids is 1. The Morgan fingerprint density at radius 1 is 0.828 bits per heavy atom. The lowest BCUT2D eigenvalue weighted by Gasteiger charge is -2.39. The van der Waals surface area contributed by atoms with Crippen LogP contribution in [0.25, 0.3) is 11.1 Å². The van der Waals surface area contributed by atoms with E-state index in [1.165, 1.54) is 69.1 Å². The van der Waals surface area contributed by atoms with Crippen molar-refractivity contribution in [2.45, 2.75) is 82.1 Å². The maximum absolute atomic E-state index is 13.0. The predicted octanol–water partition coefficient (Wildman–Crippen LogP) is -3.41. The normalized spacial score (nSPS) is 21.1. The number of carboxylic acids is 1. The van der Waals surface area contributed by atoms with E-state index in [2.05, 4.69) is 21.3 Å². The molecular weight excluding hydrogens is 768 g/mol. The molecule has 11 N–H and O–H groups in total. The Labute approximate surface area is 333 Å². The number of para-hydroxylation sites is 1. The van der Waals surface area contributed by atoms with Gasteiger partial charge >= 0.3 is 5.97 Å². The molecule has 2 aromatic carbocycles. The van der Waals surface area contributed by atoms with E-state index in [0.717, 1.165) is 4.90 Å². The lowest BCUT2D eigenvalue weighted by molar-refractivity contribution is -0.268. The molecule has 5 amide bonds. The minimum Gasteiger partial charge on any atom is -0.507 e. The smallest absolute Gasteiger partial charge is 0.326 e. The van der Waals surface area contributed by atoms with Gasteiger partial charge in [-0.25, -0.2) is 4.79 Å². The largest absolute Gasteiger partial charge is 0.507 e. The van der Waals surface area contributed by atoms with Crippen molar-refractivity contribution in [2.24, 2.45) is 0 Å². The van der Waals surface area contributed by atoms with Crippen molar-refractivity contribution in [1.82, 2.24) is 31.1 Å². The minimum atomic E-state index is -1.72. The highest BCUT2D eigenvalue weighted by molar-refractivity contribution is 5.94. The zero-order chi connectivity index (χ0) is 43.6. The number of nitrogens with zero attached hydrogens (tertiary/aromatic N) is 2. The van der Waals surface area contributed by atoms with Crippen molar-refractivity contribution in [1.29, 1.82) is 0 Å². The Bertz CT molecular complexity index is 1810. The van der Waals surface area contributed by atoms with Gasteiger partial charge in [0.15, 0.2) is 11.5 Å². The van der Waals surface area contributed by atoms with Crippen LogP contribution in [-0.4, -0.2) is 177 Å². The third kappa shape index (κ3) is 12.2. The van der Waals surface area contributed by atoms with Gasteiger partial charge in [0, 0.05) is 24.6 Å². The monoisotopic (exact) mass is 820 g/mol. The number of likely N-dealkylation sites (N-methyl/N-ethyl adjacent to an activating group) is 2. The number of amides is 5. The van der Waals surface area contributed by atoms with Crippen molar-refractivity contribution >= 4 is 35.5 Å². The van der Waals surface area contributed by atoms with Crippen LogP contribution < -0.4 is 26.0 Å². The van der Waals surface area contributed by atoms with Gasteiger partial charge in [-0.1, -0.05) is 18.2 Å². The third-order valence-corrected chi connectivity index (χ3v) is 9.28. The number of phenols is 2. The van der Waals surface area contributed by atoms with Gasteiger partial charge in [0.1, 0.15) is 48.2 Å². The highest BCUT2D eigenvalue weighted by atomic mass is 16.7. The number of aromatic hydroxyl groups is 2. The Balaban J connectivity index is 1.61. The number of benzene rings is 2. The van der Waals surface area contributed by atoms with Gasteiger partial charge in [-0.15, -0.1) is 0 Å². The second-order valence-electron chi connectivity index (χ2n) is 14.1. The summed E-state index contributed by atoms with van der Waals surface area (Å²) < 4.78 is 11.2. The third-order valence-electron chi connectivity index (χ3n) is 9.28. The molecule has 0 radical (unpaired) electrons. The van der Waals surface area contributed by atoms with Crippen LogP contribution >= 0.6 is 0 Å². The molecule has 21 heteroatoms. The summed E-state index contributed by atoms with van der Waals surface area (Å²) in [5.41, 5.74) is 0.422. The Morgan fingerprint density at radius 3 is 2.10 bits per heavy atom. The second kappa shape index (κ2) is 20.7. The van der Waals surface area contributed by atoms with Gasteiger partial charge in [-0.05, 0) is 58.6 Å². The van der Waals surface area contributed by atoms with Crippen molar-refractivity contribution in [3.8, 4) is 28.4 Å². The molecule has 1 aliphatic heterocycles. The molecule has 21 nitrogen and oxygen atoms in total. The number of carboxylic acid groups (broad SMARTS) is 1. The highest BCUT2D eigenvalue weighted by Crippen LogP contribution is 2.43. The Kier molecular flexibility index (Phi) is 16.7. The van der Waals surface area contributed by atoms with Crippen molar-refractivity contribution in [3.05, 3.63) is 42.0 Å². The fourth-order valence-corrected chi connectivity index (χ4v) is 5.71. The molecule has 1 fully saturated rings. The van der Waals surface area contributed by atoms with Gasteiger partial charge in [0.25, 0.3) is 0 Å². The lowest BCUT2D eigenvalue weighted by atomic mass is 9.97. The van der Waals surface area contributed by atoms with E-state index in [1.807, 2.05) is 0 Å². The Morgan fingerprint density at radius 2 is 1.48 bits per heavy atom. The van der Waals surface area contributed by atoms with Gasteiger partial charge in [0.2, 0.25) is 35.8 Å². The highest BCUT2D eigenvalue weighted by Gasteiger charge is 2.43. The maximum atomic E-state index is 13.0. The summed E-state index contributed by atoms with van der Waals surface area (Å²) in [4.78, 5) is 77.7. The molecule has 320 valence electrons. The number of phenolic OH excluding ortho intramolecular Hbond substituents is 2. The van der Waals surface area contributed by atoms with Gasteiger partial charge < -0.3 is 71.4 Å². The molecule has 0 aliphatic carbocycles. The number of aliphatic hydroxyl groups excluding tert-OH is 4. The molecule has 9 atom stereocenters. The van der Waals surface area contributed by atoms with E-state index in [1.54, 1.807) is 14.1 Å². The number of hydrogen-bond acceptors (Lipinski definition) is 15. The van der Waals surface area contributed by atoms with E-state index in [0.29, 0.717) is 5.56 Å². The van der Waals surface area contributed by atoms with Crippen LogP contribution in [0, 0.1) is 0 Å². The SMILES string of the molecule is CC(NC(=O)CN(C)C(=O)CNC(=O)C(C)NC(=O)C(CO)N(C)C)C(=O)NC(Cc1ccc(O)c(-c2cccc(O)c2O[C@H]2O[C@H](C)[C@@H](O)[C@H](O)[C@@H]2O)c1)C(=O)O. The standard InChI is InChI=1S/C37H52N6O15/c1-17(40-35(54)24(16-44)42(4)5)33(52)38-14-28(48)43(6)15-27(47)39-18(2)34(53)41-23(36(55)56)13-20-10-11-25(45)22(12-20)21-8-7-9-26(46)32(21)58-37-31(51)30(50)29(49)19(3)57-37/h7-12,17-19,23-24,29-31,37,44-46,49-51H,13-16H2,1-6H3,(H,38,52)(H,39,47)(H,40,54)(H,41,53)(H,55,56)/t17?,18?,19-,23?,24?,29-,30+,31+,37-/m1/s1. The molecule has 1 aliphatic rings. The van der Waals surface area contributed by atoms with Gasteiger partial charge in [-0.3, -0.25) is 28.9 Å². The summed E-state index contributed by atoms with van der Waals surface area (Å²) in [5.74, 6) is -6.11.